The van der Waals surface area contributed by atoms with E-state index in [1.807, 2.05) is 54.6 Å². The van der Waals surface area contributed by atoms with Gasteiger partial charge in [0.2, 0.25) is 11.7 Å². The second kappa shape index (κ2) is 12.2. The molecule has 3 aromatic rings. The normalized spacial score (nSPS) is 10.9. The maximum atomic E-state index is 12.6. The molecule has 0 aromatic heterocycles. The smallest absolute Gasteiger partial charge is 0.248 e. The van der Waals surface area contributed by atoms with E-state index in [1.165, 1.54) is 6.08 Å². The Bertz CT molecular complexity index is 1210. The van der Waals surface area contributed by atoms with E-state index in [0.29, 0.717) is 28.7 Å². The van der Waals surface area contributed by atoms with Crippen molar-refractivity contribution in [3.63, 3.8) is 0 Å². The molecule has 0 fully saturated rings. The largest absolute Gasteiger partial charge is 0.497 e. The van der Waals surface area contributed by atoms with Crippen LogP contribution in [-0.2, 0) is 4.79 Å². The van der Waals surface area contributed by atoms with E-state index < -0.39 is 0 Å². The van der Waals surface area contributed by atoms with Gasteiger partial charge in [-0.05, 0) is 59.7 Å². The highest BCUT2D eigenvalue weighted by Gasteiger charge is 2.12. The molecule has 7 heteroatoms. The molecule has 0 spiro atoms. The molecule has 0 radical (unpaired) electrons. The average molecular weight is 476 g/mol. The number of amides is 1. The Labute approximate surface area is 205 Å². The summed E-state index contributed by atoms with van der Waals surface area (Å²) in [4.78, 5) is 12.6. The Hall–Kier alpha value is -4.39. The Morgan fingerprint density at radius 1 is 0.686 bits per heavy atom. The second-order valence-corrected chi connectivity index (χ2v) is 7.34. The maximum Gasteiger partial charge on any atom is 0.248 e. The van der Waals surface area contributed by atoms with Crippen molar-refractivity contribution in [3.05, 3.63) is 77.4 Å². The topological polar surface area (TPSA) is 75.3 Å². The molecule has 0 saturated carbocycles. The van der Waals surface area contributed by atoms with E-state index in [9.17, 15) is 4.79 Å². The average Bonchev–Trinajstić information content (AvgIpc) is 2.90. The molecule has 0 aliphatic heterocycles. The van der Waals surface area contributed by atoms with E-state index in [0.717, 1.165) is 22.4 Å². The number of anilines is 1. The summed E-state index contributed by atoms with van der Waals surface area (Å²) in [5, 5.41) is 2.93. The van der Waals surface area contributed by atoms with Crippen molar-refractivity contribution in [3.8, 4) is 28.7 Å². The van der Waals surface area contributed by atoms with Crippen LogP contribution in [-0.4, -0.2) is 41.5 Å². The van der Waals surface area contributed by atoms with Crippen LogP contribution in [0.3, 0.4) is 0 Å². The highest BCUT2D eigenvalue weighted by molar-refractivity contribution is 6.03. The lowest BCUT2D eigenvalue weighted by Crippen LogP contribution is -2.09. The molecule has 0 bridgehead atoms. The van der Waals surface area contributed by atoms with Gasteiger partial charge in [-0.2, -0.15) is 0 Å². The van der Waals surface area contributed by atoms with Gasteiger partial charge in [-0.1, -0.05) is 24.3 Å². The van der Waals surface area contributed by atoms with E-state index in [4.69, 9.17) is 23.7 Å². The summed E-state index contributed by atoms with van der Waals surface area (Å²) in [7, 11) is 7.90. The molecule has 3 aromatic carbocycles. The van der Waals surface area contributed by atoms with Crippen LogP contribution in [0.4, 0.5) is 5.69 Å². The molecule has 1 N–H and O–H groups in total. The van der Waals surface area contributed by atoms with Crippen molar-refractivity contribution >= 4 is 29.8 Å². The highest BCUT2D eigenvalue weighted by Crippen LogP contribution is 2.38. The highest BCUT2D eigenvalue weighted by atomic mass is 16.5. The molecular formula is C28H29NO6. The minimum atomic E-state index is -0.263. The Morgan fingerprint density at radius 3 is 2.00 bits per heavy atom. The van der Waals surface area contributed by atoms with Gasteiger partial charge in [-0.25, -0.2) is 0 Å². The summed E-state index contributed by atoms with van der Waals surface area (Å²) < 4.78 is 26.8. The maximum absolute atomic E-state index is 12.6. The number of carbonyl (C=O) groups excluding carboxylic acids is 1. The van der Waals surface area contributed by atoms with E-state index in [2.05, 4.69) is 5.32 Å². The summed E-state index contributed by atoms with van der Waals surface area (Å²) in [5.74, 6) is 2.74. The number of hydrogen-bond acceptors (Lipinski definition) is 6. The minimum Gasteiger partial charge on any atom is -0.497 e. The van der Waals surface area contributed by atoms with Crippen molar-refractivity contribution in [2.75, 3.05) is 40.9 Å². The SMILES string of the molecule is COc1cccc(/C=C/C(=O)Nc2ccc(OC)cc2C=Cc2cc(OC)c(OC)c(OC)c2)c1. The van der Waals surface area contributed by atoms with Crippen LogP contribution in [0, 0.1) is 0 Å². The van der Waals surface area contributed by atoms with Crippen LogP contribution < -0.4 is 29.0 Å². The van der Waals surface area contributed by atoms with E-state index in [-0.39, 0.29) is 5.91 Å². The minimum absolute atomic E-state index is 0.263. The first kappa shape index (κ1) is 25.2. The number of carbonyl (C=O) groups is 1. The molecule has 3 rings (SSSR count). The Kier molecular flexibility index (Phi) is 8.78. The van der Waals surface area contributed by atoms with Crippen LogP contribution >= 0.6 is 0 Å². The molecule has 0 unspecified atom stereocenters. The molecule has 1 amide bonds. The Balaban J connectivity index is 1.86. The monoisotopic (exact) mass is 475 g/mol. The zero-order valence-electron chi connectivity index (χ0n) is 20.5. The van der Waals surface area contributed by atoms with Gasteiger partial charge in [0, 0.05) is 17.3 Å². The van der Waals surface area contributed by atoms with Gasteiger partial charge < -0.3 is 29.0 Å². The standard InChI is InChI=1S/C28H29NO6/c1-31-22-8-6-7-19(15-22)10-14-27(30)29-24-13-12-23(32-2)18-21(24)11-9-20-16-25(33-3)28(35-5)26(17-20)34-4/h6-18H,1-5H3,(H,29,30)/b11-9?,14-10+. The molecule has 7 nitrogen and oxygen atoms in total. The first-order valence-corrected chi connectivity index (χ1v) is 10.8. The number of methoxy groups -OCH3 is 5. The quantitative estimate of drug-likeness (QED) is 0.306. The van der Waals surface area contributed by atoms with Crippen molar-refractivity contribution in [1.82, 2.24) is 0 Å². The third kappa shape index (κ3) is 6.57. The van der Waals surface area contributed by atoms with Crippen molar-refractivity contribution in [2.24, 2.45) is 0 Å². The fourth-order valence-corrected chi connectivity index (χ4v) is 3.39. The van der Waals surface area contributed by atoms with Gasteiger partial charge in [0.25, 0.3) is 0 Å². The third-order valence-electron chi connectivity index (χ3n) is 5.18. The number of benzene rings is 3. The van der Waals surface area contributed by atoms with Crippen molar-refractivity contribution in [2.45, 2.75) is 0 Å². The number of hydrogen-bond donors (Lipinski definition) is 1. The predicted molar refractivity (Wildman–Crippen MR) is 139 cm³/mol. The molecule has 182 valence electrons. The molecule has 0 heterocycles. The molecule has 0 aliphatic rings. The lowest BCUT2D eigenvalue weighted by atomic mass is 10.1. The first-order chi connectivity index (χ1) is 17.0. The summed E-state index contributed by atoms with van der Waals surface area (Å²) in [5.41, 5.74) is 3.09. The fourth-order valence-electron chi connectivity index (χ4n) is 3.39. The van der Waals surface area contributed by atoms with Crippen LogP contribution in [0.25, 0.3) is 18.2 Å². The summed E-state index contributed by atoms with van der Waals surface area (Å²) in [6.07, 6.45) is 6.98. The van der Waals surface area contributed by atoms with Crippen LogP contribution in [0.15, 0.2) is 60.7 Å². The number of ether oxygens (including phenoxy) is 5. The van der Waals surface area contributed by atoms with Gasteiger partial charge >= 0.3 is 0 Å². The second-order valence-electron chi connectivity index (χ2n) is 7.34. The molecular weight excluding hydrogens is 446 g/mol. The number of nitrogens with one attached hydrogen (secondary N) is 1. The van der Waals surface area contributed by atoms with Crippen molar-refractivity contribution in [1.29, 1.82) is 0 Å². The van der Waals surface area contributed by atoms with Gasteiger partial charge in [0.1, 0.15) is 11.5 Å². The summed E-state index contributed by atoms with van der Waals surface area (Å²) in [6, 6.07) is 16.6. The number of rotatable bonds is 10. The molecule has 0 aliphatic carbocycles. The van der Waals surface area contributed by atoms with E-state index in [1.54, 1.807) is 53.8 Å². The summed E-state index contributed by atoms with van der Waals surface area (Å²) in [6.45, 7) is 0. The van der Waals surface area contributed by atoms with Crippen molar-refractivity contribution < 1.29 is 28.5 Å². The molecule has 35 heavy (non-hydrogen) atoms. The van der Waals surface area contributed by atoms with Gasteiger partial charge in [0.05, 0.1) is 35.5 Å². The van der Waals surface area contributed by atoms with Gasteiger partial charge in [-0.15, -0.1) is 0 Å². The lowest BCUT2D eigenvalue weighted by Gasteiger charge is -2.13. The fraction of sp³-hybridized carbons (Fsp3) is 0.179. The molecule has 0 atom stereocenters. The zero-order valence-corrected chi connectivity index (χ0v) is 20.5. The van der Waals surface area contributed by atoms with Gasteiger partial charge in [-0.3, -0.25) is 4.79 Å². The van der Waals surface area contributed by atoms with Crippen LogP contribution in [0.2, 0.25) is 0 Å². The zero-order chi connectivity index (χ0) is 25.2. The third-order valence-corrected chi connectivity index (χ3v) is 5.18. The summed E-state index contributed by atoms with van der Waals surface area (Å²) >= 11 is 0. The van der Waals surface area contributed by atoms with E-state index >= 15 is 0 Å². The lowest BCUT2D eigenvalue weighted by molar-refractivity contribution is -0.111. The molecule has 0 saturated heterocycles. The predicted octanol–water partition coefficient (Wildman–Crippen LogP) is 5.55. The Morgan fingerprint density at radius 2 is 1.37 bits per heavy atom. The van der Waals surface area contributed by atoms with Crippen LogP contribution in [0.5, 0.6) is 28.7 Å². The van der Waals surface area contributed by atoms with Gasteiger partial charge in [0.15, 0.2) is 11.5 Å². The first-order valence-electron chi connectivity index (χ1n) is 10.8. The van der Waals surface area contributed by atoms with Crippen LogP contribution in [0.1, 0.15) is 16.7 Å².